The Bertz CT molecular complexity index is 489. The Hall–Kier alpha value is -0.571. The van der Waals surface area contributed by atoms with Crippen molar-refractivity contribution in [2.75, 3.05) is 13.2 Å². The summed E-state index contributed by atoms with van der Waals surface area (Å²) in [6.45, 7) is 5.69. The van der Waals surface area contributed by atoms with Crippen LogP contribution in [0.4, 0.5) is 0 Å². The molecule has 0 aliphatic heterocycles. The third-order valence-corrected chi connectivity index (χ3v) is 9.29. The van der Waals surface area contributed by atoms with Crippen molar-refractivity contribution in [1.29, 1.82) is 0 Å². The van der Waals surface area contributed by atoms with E-state index in [1.54, 1.807) is 39.0 Å². The number of allylic oxidation sites excluding steroid dienone is 1. The van der Waals surface area contributed by atoms with E-state index in [0.717, 1.165) is 0 Å². The van der Waals surface area contributed by atoms with Gasteiger partial charge < -0.3 is 0 Å². The second kappa shape index (κ2) is 7.88. The second-order valence-corrected chi connectivity index (χ2v) is 9.25. The van der Waals surface area contributed by atoms with Gasteiger partial charge in [0.05, 0.1) is 0 Å². The van der Waals surface area contributed by atoms with Gasteiger partial charge in [-0.05, 0) is 0 Å². The fraction of sp³-hybridized carbons (Fsp3) is 0.385. The summed E-state index contributed by atoms with van der Waals surface area (Å²) in [6.07, 6.45) is 1.59. The average molecular weight is 349 g/mol. The van der Waals surface area contributed by atoms with Crippen LogP contribution in [0, 0.1) is 0 Å². The molecule has 19 heavy (non-hydrogen) atoms. The Balaban J connectivity index is 3.13. The Morgan fingerprint density at radius 1 is 1.21 bits per heavy atom. The normalized spacial score (nSPS) is 14.4. The summed E-state index contributed by atoms with van der Waals surface area (Å²) in [4.78, 5) is 0. The van der Waals surface area contributed by atoms with E-state index in [4.69, 9.17) is 9.05 Å². The maximum absolute atomic E-state index is 12.7. The molecule has 0 heterocycles. The zero-order valence-corrected chi connectivity index (χ0v) is 14.0. The quantitative estimate of drug-likeness (QED) is 0.561. The van der Waals surface area contributed by atoms with Gasteiger partial charge in [0.1, 0.15) is 0 Å². The number of benzene rings is 1. The van der Waals surface area contributed by atoms with E-state index in [-0.39, 0.29) is 13.2 Å². The van der Waals surface area contributed by atoms with Crippen LogP contribution in [-0.2, 0) is 17.4 Å². The van der Waals surface area contributed by atoms with Crippen LogP contribution < -0.4 is 4.46 Å². The van der Waals surface area contributed by atoms with E-state index in [9.17, 15) is 8.40 Å². The van der Waals surface area contributed by atoms with Gasteiger partial charge in [-0.2, -0.15) is 0 Å². The summed E-state index contributed by atoms with van der Waals surface area (Å²) < 4.78 is 36.8. The molecule has 1 atom stereocenters. The molecule has 0 fully saturated rings. The van der Waals surface area contributed by atoms with Gasteiger partial charge in [-0.1, -0.05) is 0 Å². The van der Waals surface area contributed by atoms with Crippen molar-refractivity contribution >= 4 is 25.9 Å². The van der Waals surface area contributed by atoms with E-state index in [0.29, 0.717) is 8.67 Å². The molecule has 1 aromatic carbocycles. The first-order valence-corrected chi connectivity index (χ1v) is 10.1. The zero-order valence-electron chi connectivity index (χ0n) is 11.4. The van der Waals surface area contributed by atoms with Gasteiger partial charge in [0.2, 0.25) is 0 Å². The number of hydrogen-bond donors (Lipinski definition) is 0. The summed E-state index contributed by atoms with van der Waals surface area (Å²) in [7, 11) is -3.45. The minimum atomic E-state index is -3.45. The van der Waals surface area contributed by atoms with E-state index < -0.39 is 21.4 Å². The van der Waals surface area contributed by atoms with Crippen LogP contribution >= 0.6 is 7.60 Å². The molecule has 0 radical (unpaired) electrons. The van der Waals surface area contributed by atoms with Crippen molar-refractivity contribution < 1.29 is 17.4 Å². The predicted molar refractivity (Wildman–Crippen MR) is 77.1 cm³/mol. The first-order valence-electron chi connectivity index (χ1n) is 6.11. The van der Waals surface area contributed by atoms with E-state index >= 15 is 0 Å². The topological polar surface area (TPSA) is 52.6 Å². The van der Waals surface area contributed by atoms with Crippen LogP contribution in [0.2, 0.25) is 0 Å². The molecule has 0 aliphatic rings. The molecule has 0 amide bonds. The fourth-order valence-electron chi connectivity index (χ4n) is 1.54. The summed E-state index contributed by atoms with van der Waals surface area (Å²) in [5.74, 6) is 0. The molecule has 1 rings (SSSR count). The van der Waals surface area contributed by atoms with Gasteiger partial charge in [0.15, 0.2) is 0 Å². The van der Waals surface area contributed by atoms with Gasteiger partial charge in [0.25, 0.3) is 0 Å². The van der Waals surface area contributed by atoms with Gasteiger partial charge in [-0.15, -0.1) is 0 Å². The second-order valence-electron chi connectivity index (χ2n) is 3.54. The number of hydrogen-bond acceptors (Lipinski definition) is 4. The number of rotatable bonds is 7. The molecular weight excluding hydrogens is 330 g/mol. The summed E-state index contributed by atoms with van der Waals surface area (Å²) >= 11 is -2.61. The SMILES string of the molecule is C/C=C(/[Se](=O)c1ccccc1)P(=O)(OCC)OCC. The molecular formula is C13H19O4PSe. The van der Waals surface area contributed by atoms with Crippen molar-refractivity contribution in [2.45, 2.75) is 20.8 Å². The van der Waals surface area contributed by atoms with Crippen LogP contribution in [0.25, 0.3) is 0 Å². The zero-order chi connectivity index (χ0) is 14.3. The third kappa shape index (κ3) is 4.20. The molecule has 0 saturated heterocycles. The van der Waals surface area contributed by atoms with Crippen LogP contribution in [0.3, 0.4) is 0 Å². The average Bonchev–Trinajstić information content (AvgIpc) is 2.40. The van der Waals surface area contributed by atoms with E-state index in [1.807, 2.05) is 18.2 Å². The summed E-state index contributed by atoms with van der Waals surface area (Å²) in [6, 6.07) is 9.00. The fourth-order valence-corrected chi connectivity index (χ4v) is 7.36. The molecule has 1 unspecified atom stereocenters. The van der Waals surface area contributed by atoms with Crippen molar-refractivity contribution in [1.82, 2.24) is 0 Å². The minimum absolute atomic E-state index is 0.252. The van der Waals surface area contributed by atoms with E-state index in [1.165, 1.54) is 0 Å². The first-order chi connectivity index (χ1) is 9.09. The van der Waals surface area contributed by atoms with Crippen LogP contribution in [0.1, 0.15) is 20.8 Å². The van der Waals surface area contributed by atoms with Crippen molar-refractivity contribution in [3.8, 4) is 0 Å². The molecule has 0 aliphatic carbocycles. The van der Waals surface area contributed by atoms with Gasteiger partial charge in [0, 0.05) is 0 Å². The van der Waals surface area contributed by atoms with Crippen molar-refractivity contribution in [3.63, 3.8) is 0 Å². The van der Waals surface area contributed by atoms with E-state index in [2.05, 4.69) is 0 Å². The predicted octanol–water partition coefficient (Wildman–Crippen LogP) is 3.02. The maximum atomic E-state index is 12.7. The molecule has 6 heteroatoms. The van der Waals surface area contributed by atoms with Crippen LogP contribution in [0.5, 0.6) is 0 Å². The Labute approximate surface area is 118 Å². The van der Waals surface area contributed by atoms with Gasteiger partial charge in [-0.3, -0.25) is 0 Å². The van der Waals surface area contributed by atoms with Crippen LogP contribution in [-0.4, -0.2) is 27.0 Å². The Morgan fingerprint density at radius 2 is 1.74 bits per heavy atom. The standard InChI is InChI=1S/C13H19O4PSe/c1-4-13(18(14,16-5-2)17-6-3)19(15)12-10-8-7-9-11-12/h4,7-11H,5-6H2,1-3H3/b13-4+. The molecule has 0 saturated carbocycles. The van der Waals surface area contributed by atoms with Gasteiger partial charge in [-0.25, -0.2) is 0 Å². The summed E-state index contributed by atoms with van der Waals surface area (Å²) in [5.41, 5.74) is 0. The molecule has 0 bridgehead atoms. The first kappa shape index (κ1) is 16.5. The van der Waals surface area contributed by atoms with Crippen molar-refractivity contribution in [2.24, 2.45) is 0 Å². The Morgan fingerprint density at radius 3 is 2.16 bits per heavy atom. The monoisotopic (exact) mass is 350 g/mol. The Kier molecular flexibility index (Phi) is 6.84. The molecule has 1 aromatic rings. The third-order valence-electron chi connectivity index (χ3n) is 2.26. The molecule has 0 spiro atoms. The van der Waals surface area contributed by atoms with Crippen molar-refractivity contribution in [3.05, 3.63) is 40.6 Å². The molecule has 0 aromatic heterocycles. The summed E-state index contributed by atoms with van der Waals surface area (Å²) in [5, 5.41) is 0. The van der Waals surface area contributed by atoms with Crippen LogP contribution in [0.15, 0.2) is 40.6 Å². The molecule has 4 nitrogen and oxygen atoms in total. The van der Waals surface area contributed by atoms with Gasteiger partial charge >= 0.3 is 118 Å². The molecule has 106 valence electrons. The molecule has 0 N–H and O–H groups in total.